The summed E-state index contributed by atoms with van der Waals surface area (Å²) in [6.45, 7) is 3.63. The quantitative estimate of drug-likeness (QED) is 0.323. The van der Waals surface area contributed by atoms with Gasteiger partial charge in [0, 0.05) is 17.1 Å². The van der Waals surface area contributed by atoms with Crippen molar-refractivity contribution < 1.29 is 9.59 Å². The van der Waals surface area contributed by atoms with E-state index in [1.807, 2.05) is 30.3 Å². The van der Waals surface area contributed by atoms with Crippen LogP contribution in [0, 0.1) is 5.92 Å². The Bertz CT molecular complexity index is 1150. The highest BCUT2D eigenvalue weighted by atomic mass is 35.5. The molecule has 1 aliphatic heterocycles. The van der Waals surface area contributed by atoms with Gasteiger partial charge in [0.2, 0.25) is 5.91 Å². The first-order valence-electron chi connectivity index (χ1n) is 13.7. The van der Waals surface area contributed by atoms with Crippen LogP contribution in [-0.2, 0) is 17.6 Å². The van der Waals surface area contributed by atoms with E-state index < -0.39 is 6.04 Å². The third-order valence-electron chi connectivity index (χ3n) is 7.31. The van der Waals surface area contributed by atoms with Crippen LogP contribution in [0.4, 0.5) is 0 Å². The Balaban J connectivity index is 1.26. The van der Waals surface area contributed by atoms with Crippen molar-refractivity contribution in [1.29, 1.82) is 0 Å². The number of likely N-dealkylation sites (tertiary alicyclic amines) is 1. The maximum atomic E-state index is 13.1. The molecule has 0 bridgehead atoms. The third kappa shape index (κ3) is 9.00. The first-order valence-corrected chi connectivity index (χ1v) is 14.1. The van der Waals surface area contributed by atoms with Gasteiger partial charge in [0.25, 0.3) is 5.91 Å². The fourth-order valence-electron chi connectivity index (χ4n) is 5.12. The van der Waals surface area contributed by atoms with Crippen LogP contribution in [-0.4, -0.2) is 48.9 Å². The lowest BCUT2D eigenvalue weighted by Crippen LogP contribution is -2.47. The van der Waals surface area contributed by atoms with E-state index >= 15 is 0 Å². The van der Waals surface area contributed by atoms with Gasteiger partial charge in [-0.25, -0.2) is 0 Å². The zero-order valence-corrected chi connectivity index (χ0v) is 22.7. The lowest BCUT2D eigenvalue weighted by atomic mass is 9.90. The molecule has 1 heterocycles. The van der Waals surface area contributed by atoms with Gasteiger partial charge in [0.1, 0.15) is 6.04 Å². The van der Waals surface area contributed by atoms with Gasteiger partial charge < -0.3 is 15.5 Å². The van der Waals surface area contributed by atoms with Gasteiger partial charge in [-0.2, -0.15) is 0 Å². The summed E-state index contributed by atoms with van der Waals surface area (Å²) >= 11 is 6.08. The molecular weight excluding hydrogens is 494 g/mol. The summed E-state index contributed by atoms with van der Waals surface area (Å²) in [6.07, 6.45) is 5.73. The Labute approximate surface area is 231 Å². The Morgan fingerprint density at radius 1 is 0.895 bits per heavy atom. The van der Waals surface area contributed by atoms with Crippen LogP contribution in [0.3, 0.4) is 0 Å². The van der Waals surface area contributed by atoms with Crippen LogP contribution >= 0.6 is 11.6 Å². The second-order valence-corrected chi connectivity index (χ2v) is 10.6. The van der Waals surface area contributed by atoms with Gasteiger partial charge in [-0.1, -0.05) is 78.3 Å². The van der Waals surface area contributed by atoms with Crippen molar-refractivity contribution in [3.8, 4) is 0 Å². The molecule has 0 saturated carbocycles. The molecule has 4 rings (SSSR count). The van der Waals surface area contributed by atoms with Crippen LogP contribution in [0.1, 0.15) is 47.2 Å². The molecule has 0 radical (unpaired) electrons. The maximum Gasteiger partial charge on any atom is 0.251 e. The number of piperidine rings is 1. The summed E-state index contributed by atoms with van der Waals surface area (Å²) in [7, 11) is 0. The number of hydrogen-bond acceptors (Lipinski definition) is 3. The summed E-state index contributed by atoms with van der Waals surface area (Å²) in [5.41, 5.74) is 3.05. The van der Waals surface area contributed by atoms with E-state index in [1.165, 1.54) is 24.0 Å². The van der Waals surface area contributed by atoms with Gasteiger partial charge in [0.05, 0.1) is 0 Å². The normalized spacial score (nSPS) is 15.1. The lowest BCUT2D eigenvalue weighted by molar-refractivity contribution is -0.123. The van der Waals surface area contributed by atoms with E-state index in [-0.39, 0.29) is 11.8 Å². The monoisotopic (exact) mass is 531 g/mol. The van der Waals surface area contributed by atoms with E-state index in [0.717, 1.165) is 44.8 Å². The first-order chi connectivity index (χ1) is 18.6. The predicted octanol–water partition coefficient (Wildman–Crippen LogP) is 5.53. The molecule has 38 heavy (non-hydrogen) atoms. The molecule has 3 aromatic rings. The van der Waals surface area contributed by atoms with Crippen molar-refractivity contribution in [1.82, 2.24) is 15.5 Å². The van der Waals surface area contributed by atoms with Crippen LogP contribution in [0.25, 0.3) is 0 Å². The van der Waals surface area contributed by atoms with Crippen molar-refractivity contribution in [3.05, 3.63) is 107 Å². The zero-order valence-electron chi connectivity index (χ0n) is 22.0. The minimum Gasteiger partial charge on any atom is -0.354 e. The molecule has 0 unspecified atom stereocenters. The number of nitrogens with zero attached hydrogens (tertiary/aromatic N) is 1. The van der Waals surface area contributed by atoms with E-state index in [4.69, 9.17) is 11.6 Å². The van der Waals surface area contributed by atoms with Gasteiger partial charge in [-0.15, -0.1) is 0 Å². The van der Waals surface area contributed by atoms with E-state index in [9.17, 15) is 9.59 Å². The van der Waals surface area contributed by atoms with Gasteiger partial charge >= 0.3 is 0 Å². The summed E-state index contributed by atoms with van der Waals surface area (Å²) < 4.78 is 0. The molecule has 0 aromatic heterocycles. The van der Waals surface area contributed by atoms with Crippen molar-refractivity contribution in [3.63, 3.8) is 0 Å². The van der Waals surface area contributed by atoms with Crippen molar-refractivity contribution in [2.45, 2.75) is 44.6 Å². The summed E-state index contributed by atoms with van der Waals surface area (Å²) in [6, 6.07) is 27.0. The molecule has 0 spiro atoms. The number of benzene rings is 3. The number of rotatable bonds is 12. The summed E-state index contributed by atoms with van der Waals surface area (Å²) in [5, 5.41) is 6.47. The molecule has 1 atom stereocenters. The molecule has 2 N–H and O–H groups in total. The van der Waals surface area contributed by atoms with Gasteiger partial charge in [-0.3, -0.25) is 9.59 Å². The SMILES string of the molecule is O=C(N[C@@H](CCCN1CCC(Cc2ccccc2)CC1)C(=O)NCCc1ccccc1)c1cccc(Cl)c1. The minimum absolute atomic E-state index is 0.141. The number of amides is 2. The molecule has 1 aliphatic rings. The highest BCUT2D eigenvalue weighted by Gasteiger charge is 2.23. The number of halogens is 1. The van der Waals surface area contributed by atoms with Gasteiger partial charge in [-0.05, 0) is 93.4 Å². The van der Waals surface area contributed by atoms with E-state index in [0.29, 0.717) is 23.6 Å². The number of carbonyl (C=O) groups excluding carboxylic acids is 2. The van der Waals surface area contributed by atoms with Crippen LogP contribution < -0.4 is 10.6 Å². The van der Waals surface area contributed by atoms with Crippen molar-refractivity contribution in [2.24, 2.45) is 5.92 Å². The Morgan fingerprint density at radius 2 is 1.58 bits per heavy atom. The average Bonchev–Trinajstić information content (AvgIpc) is 2.94. The second-order valence-electron chi connectivity index (χ2n) is 10.2. The molecular formula is C32H38ClN3O2. The molecule has 3 aromatic carbocycles. The first kappa shape index (κ1) is 27.9. The predicted molar refractivity (Wildman–Crippen MR) is 154 cm³/mol. The fourth-order valence-corrected chi connectivity index (χ4v) is 5.31. The average molecular weight is 532 g/mol. The highest BCUT2D eigenvalue weighted by Crippen LogP contribution is 2.22. The van der Waals surface area contributed by atoms with E-state index in [1.54, 1.807) is 24.3 Å². The Kier molecular flexibility index (Phi) is 10.8. The topological polar surface area (TPSA) is 61.4 Å². The number of carbonyl (C=O) groups is 2. The second kappa shape index (κ2) is 14.7. The summed E-state index contributed by atoms with van der Waals surface area (Å²) in [4.78, 5) is 28.5. The lowest BCUT2D eigenvalue weighted by Gasteiger charge is -2.32. The largest absolute Gasteiger partial charge is 0.354 e. The number of nitrogens with one attached hydrogen (secondary N) is 2. The molecule has 0 aliphatic carbocycles. The van der Waals surface area contributed by atoms with Crippen LogP contribution in [0.15, 0.2) is 84.9 Å². The Morgan fingerprint density at radius 3 is 2.26 bits per heavy atom. The highest BCUT2D eigenvalue weighted by molar-refractivity contribution is 6.31. The summed E-state index contributed by atoms with van der Waals surface area (Å²) in [5.74, 6) is 0.309. The smallest absolute Gasteiger partial charge is 0.251 e. The van der Waals surface area contributed by atoms with Crippen LogP contribution in [0.5, 0.6) is 0 Å². The molecule has 5 nitrogen and oxygen atoms in total. The van der Waals surface area contributed by atoms with Crippen LogP contribution in [0.2, 0.25) is 5.02 Å². The molecule has 1 fully saturated rings. The van der Waals surface area contributed by atoms with Crippen molar-refractivity contribution in [2.75, 3.05) is 26.2 Å². The van der Waals surface area contributed by atoms with Crippen molar-refractivity contribution >= 4 is 23.4 Å². The molecule has 1 saturated heterocycles. The van der Waals surface area contributed by atoms with E-state index in [2.05, 4.69) is 45.9 Å². The Hall–Kier alpha value is -3.15. The maximum absolute atomic E-state index is 13.1. The molecule has 200 valence electrons. The third-order valence-corrected chi connectivity index (χ3v) is 7.54. The fraction of sp³-hybridized carbons (Fsp3) is 0.375. The molecule has 6 heteroatoms. The number of hydrogen-bond donors (Lipinski definition) is 2. The molecule has 2 amide bonds. The van der Waals surface area contributed by atoms with Gasteiger partial charge in [0.15, 0.2) is 0 Å². The zero-order chi connectivity index (χ0) is 26.6. The standard InChI is InChI=1S/C32H38ClN3O2/c33-29-14-7-13-28(24-29)31(37)35-30(32(38)34-19-16-25-9-3-1-4-10-25)15-8-20-36-21-17-27(18-22-36)23-26-11-5-2-6-12-26/h1-7,9-14,24,27,30H,8,15-23H2,(H,34,38)(H,35,37)/t30-/m0/s1. The minimum atomic E-state index is -0.590.